The highest BCUT2D eigenvalue weighted by Crippen LogP contribution is 2.25. The molecule has 0 aliphatic rings. The topological polar surface area (TPSA) is 46.5 Å². The maximum atomic E-state index is 10.7. The fourth-order valence-electron chi connectivity index (χ4n) is 1.56. The van der Waals surface area contributed by atoms with Crippen molar-refractivity contribution < 1.29 is 14.6 Å². The Balaban J connectivity index is 3.09. The first-order valence-electron chi connectivity index (χ1n) is 4.93. The van der Waals surface area contributed by atoms with E-state index in [0.29, 0.717) is 5.92 Å². The van der Waals surface area contributed by atoms with Gasteiger partial charge < -0.3 is 9.84 Å². The normalized spacial score (nSPS) is 10.4. The van der Waals surface area contributed by atoms with Gasteiger partial charge in [0.05, 0.1) is 13.5 Å². The second kappa shape index (κ2) is 4.82. The first-order chi connectivity index (χ1) is 7.04. The molecule has 0 atom stereocenters. The zero-order valence-electron chi connectivity index (χ0n) is 9.28. The minimum atomic E-state index is -0.804. The highest BCUT2D eigenvalue weighted by molar-refractivity contribution is 5.71. The van der Waals surface area contributed by atoms with Gasteiger partial charge in [-0.2, -0.15) is 0 Å². The standard InChI is InChI=1S/C12H16O3/c1-8(2)11-7-10(15-3)5-4-9(11)6-12(13)14/h4-5,7-8H,6H2,1-3H3,(H,13,14). The summed E-state index contributed by atoms with van der Waals surface area (Å²) >= 11 is 0. The van der Waals surface area contributed by atoms with Gasteiger partial charge in [-0.15, -0.1) is 0 Å². The number of carbonyl (C=O) groups is 1. The second-order valence-electron chi connectivity index (χ2n) is 3.79. The van der Waals surface area contributed by atoms with E-state index in [2.05, 4.69) is 0 Å². The minimum absolute atomic E-state index is 0.0670. The Bertz CT molecular complexity index is 356. The van der Waals surface area contributed by atoms with Crippen LogP contribution in [-0.2, 0) is 11.2 Å². The number of hydrogen-bond acceptors (Lipinski definition) is 2. The number of carboxylic acids is 1. The largest absolute Gasteiger partial charge is 0.497 e. The predicted molar refractivity (Wildman–Crippen MR) is 58.4 cm³/mol. The van der Waals surface area contributed by atoms with Crippen molar-refractivity contribution in [2.24, 2.45) is 0 Å². The van der Waals surface area contributed by atoms with E-state index in [1.54, 1.807) is 13.2 Å². The molecule has 0 aromatic heterocycles. The third kappa shape index (κ3) is 2.98. The Hall–Kier alpha value is -1.51. The molecule has 0 spiro atoms. The number of benzene rings is 1. The molecule has 1 N–H and O–H groups in total. The molecule has 1 rings (SSSR count). The molecule has 3 nitrogen and oxygen atoms in total. The van der Waals surface area contributed by atoms with Gasteiger partial charge >= 0.3 is 5.97 Å². The van der Waals surface area contributed by atoms with Crippen LogP contribution >= 0.6 is 0 Å². The number of methoxy groups -OCH3 is 1. The van der Waals surface area contributed by atoms with Crippen LogP contribution in [-0.4, -0.2) is 18.2 Å². The molecule has 0 radical (unpaired) electrons. The summed E-state index contributed by atoms with van der Waals surface area (Å²) in [6.07, 6.45) is 0.0670. The summed E-state index contributed by atoms with van der Waals surface area (Å²) in [5.74, 6) is 0.268. The SMILES string of the molecule is COc1ccc(CC(=O)O)c(C(C)C)c1. The Morgan fingerprint density at radius 1 is 1.47 bits per heavy atom. The summed E-state index contributed by atoms with van der Waals surface area (Å²) in [5, 5.41) is 8.77. The van der Waals surface area contributed by atoms with Crippen LogP contribution in [0.5, 0.6) is 5.75 Å². The summed E-state index contributed by atoms with van der Waals surface area (Å²) in [4.78, 5) is 10.7. The summed E-state index contributed by atoms with van der Waals surface area (Å²) in [6.45, 7) is 4.08. The summed E-state index contributed by atoms with van der Waals surface area (Å²) in [7, 11) is 1.61. The van der Waals surface area contributed by atoms with Gasteiger partial charge in [0.25, 0.3) is 0 Å². The van der Waals surface area contributed by atoms with Gasteiger partial charge in [-0.25, -0.2) is 0 Å². The third-order valence-electron chi connectivity index (χ3n) is 2.32. The van der Waals surface area contributed by atoms with Crippen LogP contribution in [0.2, 0.25) is 0 Å². The molecule has 0 heterocycles. The van der Waals surface area contributed by atoms with E-state index in [9.17, 15) is 4.79 Å². The predicted octanol–water partition coefficient (Wildman–Crippen LogP) is 2.45. The van der Waals surface area contributed by atoms with Crippen LogP contribution in [0, 0.1) is 0 Å². The summed E-state index contributed by atoms with van der Waals surface area (Å²) in [5.41, 5.74) is 1.90. The molecule has 1 aromatic carbocycles. The van der Waals surface area contributed by atoms with E-state index in [1.807, 2.05) is 26.0 Å². The zero-order chi connectivity index (χ0) is 11.4. The molecule has 0 unspecified atom stereocenters. The third-order valence-corrected chi connectivity index (χ3v) is 2.32. The van der Waals surface area contributed by atoms with E-state index in [4.69, 9.17) is 9.84 Å². The van der Waals surface area contributed by atoms with Crippen LogP contribution in [0.25, 0.3) is 0 Å². The van der Waals surface area contributed by atoms with Gasteiger partial charge in [-0.05, 0) is 29.2 Å². The second-order valence-corrected chi connectivity index (χ2v) is 3.79. The summed E-state index contributed by atoms with van der Waals surface area (Å²) < 4.78 is 5.12. The lowest BCUT2D eigenvalue weighted by Crippen LogP contribution is -2.05. The molecule has 82 valence electrons. The first kappa shape index (κ1) is 11.6. The van der Waals surface area contributed by atoms with Crippen molar-refractivity contribution >= 4 is 5.97 Å². The average Bonchev–Trinajstić information content (AvgIpc) is 2.17. The van der Waals surface area contributed by atoms with Crippen LogP contribution in [0.4, 0.5) is 0 Å². The minimum Gasteiger partial charge on any atom is -0.497 e. The van der Waals surface area contributed by atoms with E-state index in [-0.39, 0.29) is 6.42 Å². The van der Waals surface area contributed by atoms with Crippen molar-refractivity contribution in [3.8, 4) is 5.75 Å². The zero-order valence-corrected chi connectivity index (χ0v) is 9.28. The van der Waals surface area contributed by atoms with Crippen LogP contribution in [0.1, 0.15) is 30.9 Å². The van der Waals surface area contributed by atoms with Gasteiger partial charge in [0.15, 0.2) is 0 Å². The molecule has 15 heavy (non-hydrogen) atoms. The average molecular weight is 208 g/mol. The maximum Gasteiger partial charge on any atom is 0.307 e. The quantitative estimate of drug-likeness (QED) is 0.826. The van der Waals surface area contributed by atoms with Crippen molar-refractivity contribution in [1.82, 2.24) is 0 Å². The first-order valence-corrected chi connectivity index (χ1v) is 4.93. The lowest BCUT2D eigenvalue weighted by Gasteiger charge is -2.12. The molecule has 0 amide bonds. The summed E-state index contributed by atoms with van der Waals surface area (Å²) in [6, 6.07) is 5.52. The lowest BCUT2D eigenvalue weighted by atomic mass is 9.95. The highest BCUT2D eigenvalue weighted by atomic mass is 16.5. The van der Waals surface area contributed by atoms with Gasteiger partial charge in [0.1, 0.15) is 5.75 Å². The van der Waals surface area contributed by atoms with Gasteiger partial charge in [0, 0.05) is 0 Å². The van der Waals surface area contributed by atoms with Gasteiger partial charge in [-0.1, -0.05) is 19.9 Å². The number of aliphatic carboxylic acids is 1. The van der Waals surface area contributed by atoms with E-state index >= 15 is 0 Å². The van der Waals surface area contributed by atoms with Crippen LogP contribution in [0.15, 0.2) is 18.2 Å². The molecular weight excluding hydrogens is 192 g/mol. The van der Waals surface area contributed by atoms with E-state index < -0.39 is 5.97 Å². The van der Waals surface area contributed by atoms with E-state index in [0.717, 1.165) is 16.9 Å². The lowest BCUT2D eigenvalue weighted by molar-refractivity contribution is -0.136. The molecule has 0 saturated heterocycles. The van der Waals surface area contributed by atoms with Crippen molar-refractivity contribution in [1.29, 1.82) is 0 Å². The maximum absolute atomic E-state index is 10.7. The van der Waals surface area contributed by atoms with Crippen LogP contribution in [0.3, 0.4) is 0 Å². The number of carboxylic acid groups (broad SMARTS) is 1. The molecule has 0 bridgehead atoms. The number of hydrogen-bond donors (Lipinski definition) is 1. The van der Waals surface area contributed by atoms with Gasteiger partial charge in [-0.3, -0.25) is 4.79 Å². The Morgan fingerprint density at radius 3 is 2.60 bits per heavy atom. The smallest absolute Gasteiger partial charge is 0.307 e. The number of rotatable bonds is 4. The number of ether oxygens (including phenoxy) is 1. The Morgan fingerprint density at radius 2 is 2.13 bits per heavy atom. The van der Waals surface area contributed by atoms with Crippen molar-refractivity contribution in [2.75, 3.05) is 7.11 Å². The highest BCUT2D eigenvalue weighted by Gasteiger charge is 2.10. The molecule has 0 aliphatic heterocycles. The molecule has 0 saturated carbocycles. The monoisotopic (exact) mass is 208 g/mol. The Labute approximate surface area is 89.7 Å². The Kier molecular flexibility index (Phi) is 3.72. The fourth-order valence-corrected chi connectivity index (χ4v) is 1.56. The molecule has 0 fully saturated rings. The van der Waals surface area contributed by atoms with Gasteiger partial charge in [0.2, 0.25) is 0 Å². The van der Waals surface area contributed by atoms with Crippen molar-refractivity contribution in [3.05, 3.63) is 29.3 Å². The van der Waals surface area contributed by atoms with Crippen molar-refractivity contribution in [3.63, 3.8) is 0 Å². The molecular formula is C12H16O3. The van der Waals surface area contributed by atoms with Crippen LogP contribution < -0.4 is 4.74 Å². The van der Waals surface area contributed by atoms with Crippen molar-refractivity contribution in [2.45, 2.75) is 26.2 Å². The van der Waals surface area contributed by atoms with E-state index in [1.165, 1.54) is 0 Å². The fraction of sp³-hybridized carbons (Fsp3) is 0.417. The molecule has 1 aromatic rings. The molecule has 0 aliphatic carbocycles. The molecule has 3 heteroatoms.